The van der Waals surface area contributed by atoms with E-state index in [-0.39, 0.29) is 12.5 Å². The molecule has 2 heterocycles. The number of hydrazine groups is 1. The Balaban J connectivity index is 1.73. The average molecular weight is 386 g/mol. The van der Waals surface area contributed by atoms with Crippen molar-refractivity contribution in [2.75, 3.05) is 39.0 Å². The molecule has 8 heteroatoms. The molecule has 1 aromatic heterocycles. The fourth-order valence-electron chi connectivity index (χ4n) is 3.34. The molecule has 0 aliphatic carbocycles. The summed E-state index contributed by atoms with van der Waals surface area (Å²) in [5.74, 6) is 6.27. The molecule has 0 bridgehead atoms. The number of aromatic nitrogens is 1. The highest BCUT2D eigenvalue weighted by Crippen LogP contribution is 2.23. The minimum Gasteiger partial charge on any atom is -0.392 e. The first-order chi connectivity index (χ1) is 13.5. The molecule has 1 amide bonds. The number of nitrogens with one attached hydrogen (secondary N) is 2. The molecule has 0 atom stereocenters. The number of nitrogens with zero attached hydrogens (tertiary/aromatic N) is 3. The van der Waals surface area contributed by atoms with Crippen molar-refractivity contribution >= 4 is 28.2 Å². The van der Waals surface area contributed by atoms with Gasteiger partial charge in [-0.25, -0.2) is 15.2 Å². The number of carbonyl (C=O) groups is 1. The van der Waals surface area contributed by atoms with Gasteiger partial charge in [0.2, 0.25) is 5.91 Å². The molecule has 1 aliphatic rings. The van der Waals surface area contributed by atoms with Gasteiger partial charge < -0.3 is 15.6 Å². The maximum absolute atomic E-state index is 13.2. The lowest BCUT2D eigenvalue weighted by molar-refractivity contribution is -0.117. The van der Waals surface area contributed by atoms with Crippen molar-refractivity contribution in [3.05, 3.63) is 42.2 Å². The van der Waals surface area contributed by atoms with Crippen LogP contribution in [0.4, 0.5) is 10.2 Å². The van der Waals surface area contributed by atoms with Crippen LogP contribution in [0.15, 0.2) is 36.7 Å². The number of fused-ring (bicyclic) bond motifs is 1. The molecule has 7 nitrogen and oxygen atoms in total. The molecule has 150 valence electrons. The van der Waals surface area contributed by atoms with Crippen molar-refractivity contribution in [2.24, 2.45) is 5.84 Å². The summed E-state index contributed by atoms with van der Waals surface area (Å²) in [7, 11) is 3.59. The van der Waals surface area contributed by atoms with Gasteiger partial charge in [-0.1, -0.05) is 12.1 Å². The Hall–Kier alpha value is -2.71. The first-order valence-corrected chi connectivity index (χ1v) is 9.38. The monoisotopic (exact) mass is 386 g/mol. The van der Waals surface area contributed by atoms with Crippen LogP contribution in [-0.2, 0) is 4.79 Å². The quantitative estimate of drug-likeness (QED) is 0.520. The summed E-state index contributed by atoms with van der Waals surface area (Å²) in [5, 5.41) is 9.30. The fraction of sp³-hybridized carbons (Fsp3) is 0.400. The number of pyridine rings is 1. The number of benzene rings is 1. The number of alkyl halides is 1. The molecule has 4 N–H and O–H groups in total. The standard InChI is InChI=1S/C20H27FN6O/c1-23-12-18(26(2)22)14-3-4-15-11-24-19(10-16(15)9-14)25-20(28)13-27-7-5-17(21)6-8-27/h3-4,9-12,17,23H,5-8,13,22H2,1-2H3,(H,24,25,28)/b18-12-. The number of piperidine rings is 1. The third-order valence-corrected chi connectivity index (χ3v) is 4.83. The topological polar surface area (TPSA) is 86.5 Å². The lowest BCUT2D eigenvalue weighted by Gasteiger charge is -2.27. The van der Waals surface area contributed by atoms with Crippen molar-refractivity contribution in [3.8, 4) is 0 Å². The van der Waals surface area contributed by atoms with Crippen LogP contribution in [0.25, 0.3) is 16.5 Å². The highest BCUT2D eigenvalue weighted by atomic mass is 19.1. The van der Waals surface area contributed by atoms with Crippen LogP contribution < -0.4 is 16.5 Å². The summed E-state index contributed by atoms with van der Waals surface area (Å²) in [4.78, 5) is 18.6. The van der Waals surface area contributed by atoms with Gasteiger partial charge in [-0.3, -0.25) is 9.69 Å². The van der Waals surface area contributed by atoms with Gasteiger partial charge in [-0.05, 0) is 30.4 Å². The Morgan fingerprint density at radius 2 is 2.11 bits per heavy atom. The zero-order valence-electron chi connectivity index (χ0n) is 16.3. The van der Waals surface area contributed by atoms with Crippen molar-refractivity contribution in [2.45, 2.75) is 19.0 Å². The summed E-state index contributed by atoms with van der Waals surface area (Å²) in [6, 6.07) is 7.80. The summed E-state index contributed by atoms with van der Waals surface area (Å²) >= 11 is 0. The van der Waals surface area contributed by atoms with Crippen LogP contribution in [0.5, 0.6) is 0 Å². The number of carbonyl (C=O) groups excluding carboxylic acids is 1. The Morgan fingerprint density at radius 1 is 1.36 bits per heavy atom. The van der Waals surface area contributed by atoms with Crippen LogP contribution in [0.1, 0.15) is 18.4 Å². The van der Waals surface area contributed by atoms with Gasteiger partial charge in [0.15, 0.2) is 0 Å². The van der Waals surface area contributed by atoms with Crippen LogP contribution in [0, 0.1) is 0 Å². The summed E-state index contributed by atoms with van der Waals surface area (Å²) in [5.41, 5.74) is 1.78. The molecule has 0 unspecified atom stereocenters. The second-order valence-corrected chi connectivity index (χ2v) is 7.06. The minimum atomic E-state index is -0.745. The number of halogens is 1. The summed E-state index contributed by atoms with van der Waals surface area (Å²) < 4.78 is 13.2. The van der Waals surface area contributed by atoms with E-state index in [4.69, 9.17) is 5.84 Å². The molecule has 2 aromatic rings. The lowest BCUT2D eigenvalue weighted by Crippen LogP contribution is -2.39. The van der Waals surface area contributed by atoms with Gasteiger partial charge in [-0.2, -0.15) is 0 Å². The van der Waals surface area contributed by atoms with Crippen LogP contribution in [-0.4, -0.2) is 60.7 Å². The molecule has 1 saturated heterocycles. The Bertz CT molecular complexity index is 861. The highest BCUT2D eigenvalue weighted by Gasteiger charge is 2.20. The number of anilines is 1. The van der Waals surface area contributed by atoms with E-state index >= 15 is 0 Å². The normalized spacial score (nSPS) is 16.2. The molecule has 1 fully saturated rings. The van der Waals surface area contributed by atoms with Crippen LogP contribution in [0.3, 0.4) is 0 Å². The number of hydrogen-bond donors (Lipinski definition) is 3. The predicted molar refractivity (Wildman–Crippen MR) is 110 cm³/mol. The van der Waals surface area contributed by atoms with Crippen molar-refractivity contribution in [1.29, 1.82) is 0 Å². The average Bonchev–Trinajstić information content (AvgIpc) is 2.67. The maximum Gasteiger partial charge on any atom is 0.239 e. The van der Waals surface area contributed by atoms with Gasteiger partial charge in [-0.15, -0.1) is 0 Å². The van der Waals surface area contributed by atoms with Crippen LogP contribution >= 0.6 is 0 Å². The van der Waals surface area contributed by atoms with Gasteiger partial charge in [0, 0.05) is 50.5 Å². The van der Waals surface area contributed by atoms with Crippen molar-refractivity contribution < 1.29 is 9.18 Å². The Morgan fingerprint density at radius 3 is 2.79 bits per heavy atom. The number of rotatable bonds is 6. The van der Waals surface area contributed by atoms with E-state index in [1.54, 1.807) is 18.3 Å². The van der Waals surface area contributed by atoms with E-state index in [1.807, 2.05) is 42.4 Å². The number of hydrogen-bond acceptors (Lipinski definition) is 6. The molecule has 0 saturated carbocycles. The van der Waals surface area contributed by atoms with Gasteiger partial charge >= 0.3 is 0 Å². The third kappa shape index (κ3) is 4.96. The van der Waals surface area contributed by atoms with E-state index in [0.29, 0.717) is 31.7 Å². The summed E-state index contributed by atoms with van der Waals surface area (Å²) in [6.07, 6.45) is 3.79. The van der Waals surface area contributed by atoms with Crippen molar-refractivity contribution in [1.82, 2.24) is 20.2 Å². The molecule has 28 heavy (non-hydrogen) atoms. The molecule has 3 rings (SSSR count). The highest BCUT2D eigenvalue weighted by molar-refractivity contribution is 5.94. The van der Waals surface area contributed by atoms with E-state index in [1.165, 1.54) is 0 Å². The Kier molecular flexibility index (Phi) is 6.43. The zero-order valence-corrected chi connectivity index (χ0v) is 16.3. The minimum absolute atomic E-state index is 0.141. The molecular weight excluding hydrogens is 359 g/mol. The van der Waals surface area contributed by atoms with Crippen molar-refractivity contribution in [3.63, 3.8) is 0 Å². The molecule has 0 spiro atoms. The lowest BCUT2D eigenvalue weighted by atomic mass is 10.1. The first kappa shape index (κ1) is 20.0. The Labute approximate surface area is 164 Å². The van der Waals surface area contributed by atoms with Gasteiger partial charge in [0.1, 0.15) is 12.0 Å². The van der Waals surface area contributed by atoms with E-state index in [0.717, 1.165) is 22.0 Å². The van der Waals surface area contributed by atoms with E-state index < -0.39 is 6.17 Å². The van der Waals surface area contributed by atoms with E-state index in [2.05, 4.69) is 15.6 Å². The zero-order chi connectivity index (χ0) is 20.1. The second kappa shape index (κ2) is 8.99. The predicted octanol–water partition coefficient (Wildman–Crippen LogP) is 1.93. The largest absolute Gasteiger partial charge is 0.392 e. The van der Waals surface area contributed by atoms with Gasteiger partial charge in [0.25, 0.3) is 0 Å². The smallest absolute Gasteiger partial charge is 0.239 e. The van der Waals surface area contributed by atoms with Crippen LogP contribution in [0.2, 0.25) is 0 Å². The number of nitrogens with two attached hydrogens (primary N) is 1. The molecule has 1 aromatic carbocycles. The van der Waals surface area contributed by atoms with Gasteiger partial charge in [0.05, 0.1) is 12.2 Å². The SMILES string of the molecule is CN/C=C(/c1ccc2cnc(NC(=O)CN3CCC(F)CC3)cc2c1)N(C)N. The second-order valence-electron chi connectivity index (χ2n) is 7.06. The number of amides is 1. The van der Waals surface area contributed by atoms with E-state index in [9.17, 15) is 9.18 Å². The molecule has 1 aliphatic heterocycles. The summed E-state index contributed by atoms with van der Waals surface area (Å²) in [6.45, 7) is 1.46. The third-order valence-electron chi connectivity index (χ3n) is 4.83. The molecular formula is C20H27FN6O. The first-order valence-electron chi connectivity index (χ1n) is 9.38. The molecule has 0 radical (unpaired) electrons. The fourth-order valence-corrected chi connectivity index (χ4v) is 3.34. The maximum atomic E-state index is 13.2. The number of likely N-dealkylation sites (tertiary alicyclic amines) is 1.